The van der Waals surface area contributed by atoms with Gasteiger partial charge in [-0.3, -0.25) is 0 Å². The van der Waals surface area contributed by atoms with Gasteiger partial charge >= 0.3 is 0 Å². The Labute approximate surface area is 142 Å². The zero-order chi connectivity index (χ0) is 16.2. The van der Waals surface area contributed by atoms with Gasteiger partial charge < -0.3 is 13.9 Å². The van der Waals surface area contributed by atoms with Crippen LogP contribution in [-0.4, -0.2) is 17.3 Å². The maximum Gasteiger partial charge on any atom is 0.254 e. The molecule has 0 aliphatic heterocycles. The molecule has 0 aliphatic carbocycles. The first-order valence-electron chi connectivity index (χ1n) is 6.70. The van der Waals surface area contributed by atoms with E-state index in [0.717, 1.165) is 5.56 Å². The van der Waals surface area contributed by atoms with Gasteiger partial charge in [0.25, 0.3) is 5.89 Å². The highest BCUT2D eigenvalue weighted by molar-refractivity contribution is 6.34. The first-order chi connectivity index (χ1) is 11.2. The molecule has 5 nitrogen and oxygen atoms in total. The van der Waals surface area contributed by atoms with Gasteiger partial charge in [-0.25, -0.2) is 0 Å². The lowest BCUT2D eigenvalue weighted by atomic mass is 10.2. The number of benzene rings is 2. The zero-order valence-corrected chi connectivity index (χ0v) is 13.6. The van der Waals surface area contributed by atoms with Crippen LogP contribution in [0.5, 0.6) is 11.5 Å². The van der Waals surface area contributed by atoms with Crippen molar-refractivity contribution in [1.29, 1.82) is 0 Å². The minimum Gasteiger partial charge on any atom is -0.497 e. The number of ether oxygens (including phenoxy) is 2. The molecule has 0 saturated heterocycles. The molecular formula is C16H12Cl2N2O3. The highest BCUT2D eigenvalue weighted by atomic mass is 35.5. The molecule has 0 atom stereocenters. The summed E-state index contributed by atoms with van der Waals surface area (Å²) in [5, 5.41) is 8.95. The van der Waals surface area contributed by atoms with Crippen LogP contribution in [0.25, 0.3) is 11.5 Å². The fourth-order valence-electron chi connectivity index (χ4n) is 1.91. The molecule has 0 aliphatic rings. The van der Waals surface area contributed by atoms with E-state index < -0.39 is 0 Å². The average molecular weight is 351 g/mol. The smallest absolute Gasteiger partial charge is 0.254 e. The van der Waals surface area contributed by atoms with E-state index in [9.17, 15) is 0 Å². The van der Waals surface area contributed by atoms with Gasteiger partial charge in [0.15, 0.2) is 6.61 Å². The van der Waals surface area contributed by atoms with Crippen LogP contribution >= 0.6 is 23.2 Å². The molecule has 0 bridgehead atoms. The maximum atomic E-state index is 6.03. The Morgan fingerprint density at radius 2 is 1.96 bits per heavy atom. The summed E-state index contributed by atoms with van der Waals surface area (Å²) in [5.41, 5.74) is 0.767. The molecule has 0 saturated carbocycles. The summed E-state index contributed by atoms with van der Waals surface area (Å²) in [6, 6.07) is 12.3. The second-order valence-corrected chi connectivity index (χ2v) is 5.44. The van der Waals surface area contributed by atoms with Gasteiger partial charge in [-0.05, 0) is 30.3 Å². The van der Waals surface area contributed by atoms with Crippen LogP contribution < -0.4 is 9.47 Å². The van der Waals surface area contributed by atoms with Crippen molar-refractivity contribution in [3.8, 4) is 23.0 Å². The monoisotopic (exact) mass is 350 g/mol. The molecule has 0 unspecified atom stereocenters. The van der Waals surface area contributed by atoms with Crippen molar-refractivity contribution in [1.82, 2.24) is 10.2 Å². The highest BCUT2D eigenvalue weighted by Crippen LogP contribution is 2.28. The largest absolute Gasteiger partial charge is 0.497 e. The second-order valence-electron chi connectivity index (χ2n) is 4.60. The molecule has 3 aromatic rings. The van der Waals surface area contributed by atoms with E-state index in [0.29, 0.717) is 33.3 Å². The molecule has 2 aromatic carbocycles. The number of nitrogens with zero attached hydrogens (tertiary/aromatic N) is 2. The normalized spacial score (nSPS) is 10.6. The summed E-state index contributed by atoms with van der Waals surface area (Å²) in [6.07, 6.45) is 0. The lowest BCUT2D eigenvalue weighted by molar-refractivity contribution is 0.264. The van der Waals surface area contributed by atoms with Crippen LogP contribution in [0.4, 0.5) is 0 Å². The number of methoxy groups -OCH3 is 1. The average Bonchev–Trinajstić information content (AvgIpc) is 3.05. The maximum absolute atomic E-state index is 6.03. The lowest BCUT2D eigenvalue weighted by Crippen LogP contribution is -1.96. The van der Waals surface area contributed by atoms with E-state index in [1.807, 2.05) is 24.3 Å². The van der Waals surface area contributed by atoms with Gasteiger partial charge in [-0.1, -0.05) is 29.3 Å². The SMILES string of the molecule is COc1cccc(-c2nnc(COc3cc(Cl)ccc3Cl)o2)c1. The van der Waals surface area contributed by atoms with E-state index in [1.165, 1.54) is 0 Å². The van der Waals surface area contributed by atoms with E-state index in [-0.39, 0.29) is 6.61 Å². The van der Waals surface area contributed by atoms with Gasteiger partial charge in [0.1, 0.15) is 11.5 Å². The van der Waals surface area contributed by atoms with Crippen LogP contribution in [0.1, 0.15) is 5.89 Å². The van der Waals surface area contributed by atoms with Gasteiger partial charge in [0.05, 0.1) is 12.1 Å². The van der Waals surface area contributed by atoms with Crippen molar-refractivity contribution < 1.29 is 13.9 Å². The van der Waals surface area contributed by atoms with Gasteiger partial charge in [-0.15, -0.1) is 10.2 Å². The van der Waals surface area contributed by atoms with Crippen molar-refractivity contribution in [2.75, 3.05) is 7.11 Å². The first kappa shape index (κ1) is 15.6. The molecule has 0 N–H and O–H groups in total. The Bertz CT molecular complexity index is 821. The lowest BCUT2D eigenvalue weighted by Gasteiger charge is -2.05. The Morgan fingerprint density at radius 1 is 1.09 bits per heavy atom. The van der Waals surface area contributed by atoms with Crippen LogP contribution in [0.2, 0.25) is 10.0 Å². The molecule has 1 aromatic heterocycles. The topological polar surface area (TPSA) is 57.4 Å². The minimum absolute atomic E-state index is 0.0943. The molecule has 118 valence electrons. The van der Waals surface area contributed by atoms with Crippen LogP contribution in [-0.2, 0) is 6.61 Å². The molecular weight excluding hydrogens is 339 g/mol. The summed E-state index contributed by atoms with van der Waals surface area (Å²) in [7, 11) is 1.60. The number of hydrogen-bond acceptors (Lipinski definition) is 5. The number of hydrogen-bond donors (Lipinski definition) is 0. The molecule has 0 amide bonds. The molecule has 1 heterocycles. The van der Waals surface area contributed by atoms with Crippen molar-refractivity contribution in [2.45, 2.75) is 6.61 Å². The van der Waals surface area contributed by atoms with Crippen molar-refractivity contribution in [3.63, 3.8) is 0 Å². The summed E-state index contributed by atoms with van der Waals surface area (Å²) in [5.74, 6) is 1.89. The van der Waals surface area contributed by atoms with Gasteiger partial charge in [-0.2, -0.15) is 0 Å². The summed E-state index contributed by atoms with van der Waals surface area (Å²) >= 11 is 11.9. The first-order valence-corrected chi connectivity index (χ1v) is 7.46. The van der Waals surface area contributed by atoms with Crippen LogP contribution in [0, 0.1) is 0 Å². The second kappa shape index (κ2) is 6.89. The third kappa shape index (κ3) is 3.75. The van der Waals surface area contributed by atoms with E-state index in [2.05, 4.69) is 10.2 Å². The van der Waals surface area contributed by atoms with Crippen LogP contribution in [0.3, 0.4) is 0 Å². The predicted molar refractivity (Wildman–Crippen MR) is 87.1 cm³/mol. The number of rotatable bonds is 5. The van der Waals surface area contributed by atoms with Gasteiger partial charge in [0, 0.05) is 16.7 Å². The molecule has 0 spiro atoms. The quantitative estimate of drug-likeness (QED) is 0.671. The summed E-state index contributed by atoms with van der Waals surface area (Å²) < 4.78 is 16.3. The fourth-order valence-corrected chi connectivity index (χ4v) is 2.25. The van der Waals surface area contributed by atoms with Crippen molar-refractivity contribution in [3.05, 3.63) is 58.4 Å². The third-order valence-corrected chi connectivity index (χ3v) is 3.58. The molecule has 7 heteroatoms. The third-order valence-electron chi connectivity index (χ3n) is 3.03. The number of aromatic nitrogens is 2. The Morgan fingerprint density at radius 3 is 2.78 bits per heavy atom. The molecule has 3 rings (SSSR count). The van der Waals surface area contributed by atoms with Gasteiger partial charge in [0.2, 0.25) is 5.89 Å². The van der Waals surface area contributed by atoms with E-state index in [1.54, 1.807) is 25.3 Å². The van der Waals surface area contributed by atoms with Crippen molar-refractivity contribution >= 4 is 23.2 Å². The standard InChI is InChI=1S/C16H12Cl2N2O3/c1-21-12-4-2-3-10(7-12)16-20-19-15(23-16)9-22-14-8-11(17)5-6-13(14)18/h2-8H,9H2,1H3. The fraction of sp³-hybridized carbons (Fsp3) is 0.125. The molecule has 23 heavy (non-hydrogen) atoms. The number of halogens is 2. The molecule has 0 radical (unpaired) electrons. The zero-order valence-electron chi connectivity index (χ0n) is 12.1. The summed E-state index contributed by atoms with van der Waals surface area (Å²) in [6.45, 7) is 0.0943. The Hall–Kier alpha value is -2.24. The Kier molecular flexibility index (Phi) is 4.69. The highest BCUT2D eigenvalue weighted by Gasteiger charge is 2.11. The van der Waals surface area contributed by atoms with Crippen molar-refractivity contribution in [2.24, 2.45) is 0 Å². The summed E-state index contributed by atoms with van der Waals surface area (Å²) in [4.78, 5) is 0. The Balaban J connectivity index is 1.73. The van der Waals surface area contributed by atoms with E-state index in [4.69, 9.17) is 37.1 Å². The molecule has 0 fully saturated rings. The predicted octanol–water partition coefficient (Wildman–Crippen LogP) is 4.63. The van der Waals surface area contributed by atoms with Crippen LogP contribution in [0.15, 0.2) is 46.9 Å². The minimum atomic E-state index is 0.0943. The van der Waals surface area contributed by atoms with E-state index >= 15 is 0 Å².